The minimum Gasteiger partial charge on any atom is -0.384 e. The summed E-state index contributed by atoms with van der Waals surface area (Å²) >= 11 is 0. The lowest BCUT2D eigenvalue weighted by Crippen LogP contribution is -2.45. The van der Waals surface area contributed by atoms with E-state index in [0.717, 1.165) is 31.0 Å². The van der Waals surface area contributed by atoms with Crippen LogP contribution in [0.15, 0.2) is 48.7 Å². The first-order chi connectivity index (χ1) is 11.1. The average molecular weight is 311 g/mol. The molecule has 5 heteroatoms. The first-order valence-electron chi connectivity index (χ1n) is 7.74. The van der Waals surface area contributed by atoms with Gasteiger partial charge in [0.15, 0.2) is 0 Å². The third kappa shape index (κ3) is 4.07. The van der Waals surface area contributed by atoms with Gasteiger partial charge in [-0.2, -0.15) is 0 Å². The van der Waals surface area contributed by atoms with E-state index in [9.17, 15) is 4.79 Å². The maximum atomic E-state index is 12.2. The molecule has 0 saturated carbocycles. The Morgan fingerprint density at radius 2 is 2.04 bits per heavy atom. The van der Waals surface area contributed by atoms with E-state index in [1.54, 1.807) is 12.3 Å². The predicted octanol–water partition coefficient (Wildman–Crippen LogP) is 2.46. The summed E-state index contributed by atoms with van der Waals surface area (Å²) in [4.78, 5) is 16.4. The first-order valence-corrected chi connectivity index (χ1v) is 7.74. The van der Waals surface area contributed by atoms with Crippen LogP contribution in [0.1, 0.15) is 23.0 Å². The molecule has 0 atom stereocenters. The maximum Gasteiger partial charge on any atom is 0.270 e. The van der Waals surface area contributed by atoms with Gasteiger partial charge < -0.3 is 15.4 Å². The smallest absolute Gasteiger partial charge is 0.270 e. The number of benzene rings is 1. The van der Waals surface area contributed by atoms with Gasteiger partial charge in [0, 0.05) is 30.4 Å². The molecule has 0 radical (unpaired) electrons. The number of rotatable bonds is 6. The molecular weight excluding hydrogens is 290 g/mol. The Balaban J connectivity index is 1.56. The largest absolute Gasteiger partial charge is 0.384 e. The topological polar surface area (TPSA) is 63.2 Å². The van der Waals surface area contributed by atoms with E-state index in [-0.39, 0.29) is 11.3 Å². The normalized spacial score (nSPS) is 15.5. The van der Waals surface area contributed by atoms with Crippen LogP contribution in [0.2, 0.25) is 0 Å². The molecule has 0 aliphatic carbocycles. The molecule has 2 N–H and O–H groups in total. The van der Waals surface area contributed by atoms with Gasteiger partial charge >= 0.3 is 0 Å². The van der Waals surface area contributed by atoms with Crippen LogP contribution in [0.5, 0.6) is 0 Å². The zero-order chi connectivity index (χ0) is 16.1. The number of carbonyl (C=O) groups excluding carboxylic acids is 1. The predicted molar refractivity (Wildman–Crippen MR) is 89.3 cm³/mol. The summed E-state index contributed by atoms with van der Waals surface area (Å²) in [6.07, 6.45) is 1.65. The van der Waals surface area contributed by atoms with Gasteiger partial charge in [0.25, 0.3) is 5.91 Å². The molecule has 3 rings (SSSR count). The minimum atomic E-state index is -0.171. The van der Waals surface area contributed by atoms with Gasteiger partial charge in [0.1, 0.15) is 5.69 Å². The highest BCUT2D eigenvalue weighted by Crippen LogP contribution is 2.26. The SMILES string of the molecule is CC1(CNc2ccnc(C(=O)NCc3ccccc3)c2)COC1. The molecule has 23 heavy (non-hydrogen) atoms. The van der Waals surface area contributed by atoms with Gasteiger partial charge in [0.05, 0.1) is 13.2 Å². The minimum absolute atomic E-state index is 0.171. The summed E-state index contributed by atoms with van der Waals surface area (Å²) in [6, 6.07) is 13.5. The fraction of sp³-hybridized carbons (Fsp3) is 0.333. The second-order valence-electron chi connectivity index (χ2n) is 6.26. The molecule has 0 unspecified atom stereocenters. The van der Waals surface area contributed by atoms with E-state index in [4.69, 9.17) is 4.74 Å². The van der Waals surface area contributed by atoms with E-state index in [0.29, 0.717) is 12.2 Å². The number of ether oxygens (including phenoxy) is 1. The lowest BCUT2D eigenvalue weighted by Gasteiger charge is -2.38. The Bertz CT molecular complexity index is 669. The zero-order valence-electron chi connectivity index (χ0n) is 13.2. The number of pyridine rings is 1. The fourth-order valence-corrected chi connectivity index (χ4v) is 2.40. The molecule has 1 aliphatic rings. The average Bonchev–Trinajstić information content (AvgIpc) is 2.57. The number of hydrogen-bond donors (Lipinski definition) is 2. The van der Waals surface area contributed by atoms with E-state index < -0.39 is 0 Å². The highest BCUT2D eigenvalue weighted by molar-refractivity contribution is 5.93. The van der Waals surface area contributed by atoms with E-state index in [2.05, 4.69) is 22.5 Å². The van der Waals surface area contributed by atoms with Crippen LogP contribution in [0.25, 0.3) is 0 Å². The van der Waals surface area contributed by atoms with Crippen LogP contribution < -0.4 is 10.6 Å². The molecule has 1 aliphatic heterocycles. The van der Waals surface area contributed by atoms with Crippen molar-refractivity contribution in [2.24, 2.45) is 5.41 Å². The third-order valence-electron chi connectivity index (χ3n) is 3.91. The molecule has 2 heterocycles. The van der Waals surface area contributed by atoms with Crippen molar-refractivity contribution in [1.82, 2.24) is 10.3 Å². The Morgan fingerprint density at radius 1 is 1.26 bits per heavy atom. The van der Waals surface area contributed by atoms with Crippen molar-refractivity contribution in [3.63, 3.8) is 0 Å². The van der Waals surface area contributed by atoms with Crippen molar-refractivity contribution in [2.75, 3.05) is 25.1 Å². The Morgan fingerprint density at radius 3 is 2.74 bits per heavy atom. The fourth-order valence-electron chi connectivity index (χ4n) is 2.40. The molecular formula is C18H21N3O2. The van der Waals surface area contributed by atoms with Gasteiger partial charge in [-0.15, -0.1) is 0 Å². The van der Waals surface area contributed by atoms with Crippen molar-refractivity contribution in [2.45, 2.75) is 13.5 Å². The number of amides is 1. The quantitative estimate of drug-likeness (QED) is 0.860. The number of hydrogen-bond acceptors (Lipinski definition) is 4. The summed E-state index contributed by atoms with van der Waals surface area (Å²) in [7, 11) is 0. The van der Waals surface area contributed by atoms with Crippen LogP contribution in [-0.4, -0.2) is 30.6 Å². The van der Waals surface area contributed by atoms with Crippen LogP contribution in [-0.2, 0) is 11.3 Å². The lowest BCUT2D eigenvalue weighted by atomic mass is 9.89. The molecule has 0 spiro atoms. The van der Waals surface area contributed by atoms with E-state index >= 15 is 0 Å². The summed E-state index contributed by atoms with van der Waals surface area (Å²) in [5, 5.41) is 6.24. The Hall–Kier alpha value is -2.40. The number of nitrogens with one attached hydrogen (secondary N) is 2. The van der Waals surface area contributed by atoms with Gasteiger partial charge in [-0.1, -0.05) is 37.3 Å². The maximum absolute atomic E-state index is 12.2. The molecule has 5 nitrogen and oxygen atoms in total. The molecule has 1 aromatic heterocycles. The first kappa shape index (κ1) is 15.5. The second kappa shape index (κ2) is 6.79. The molecule has 1 saturated heterocycles. The molecule has 2 aromatic rings. The number of nitrogens with zero attached hydrogens (tertiary/aromatic N) is 1. The van der Waals surface area contributed by atoms with Crippen molar-refractivity contribution >= 4 is 11.6 Å². The lowest BCUT2D eigenvalue weighted by molar-refractivity contribution is -0.0924. The van der Waals surface area contributed by atoms with Crippen molar-refractivity contribution in [3.8, 4) is 0 Å². The number of carbonyl (C=O) groups is 1. The Kier molecular flexibility index (Phi) is 4.57. The van der Waals surface area contributed by atoms with Gasteiger partial charge in [-0.25, -0.2) is 0 Å². The third-order valence-corrected chi connectivity index (χ3v) is 3.91. The molecule has 1 fully saturated rings. The summed E-state index contributed by atoms with van der Waals surface area (Å²) in [6.45, 7) is 5.04. The standard InChI is InChI=1S/C18H21N3O2/c1-18(12-23-13-18)11-21-15-7-8-19-16(9-15)17(22)20-10-14-5-3-2-4-6-14/h2-9H,10-13H2,1H3,(H,19,21)(H,20,22). The Labute approximate surface area is 136 Å². The zero-order valence-corrected chi connectivity index (χ0v) is 13.2. The number of anilines is 1. The van der Waals surface area contributed by atoms with Gasteiger partial charge in [-0.3, -0.25) is 9.78 Å². The van der Waals surface area contributed by atoms with E-state index in [1.807, 2.05) is 36.4 Å². The van der Waals surface area contributed by atoms with Crippen LogP contribution in [0, 0.1) is 5.41 Å². The van der Waals surface area contributed by atoms with Crippen molar-refractivity contribution in [3.05, 3.63) is 59.9 Å². The van der Waals surface area contributed by atoms with Gasteiger partial charge in [0.2, 0.25) is 0 Å². The highest BCUT2D eigenvalue weighted by atomic mass is 16.5. The molecule has 120 valence electrons. The summed E-state index contributed by atoms with van der Waals surface area (Å²) in [5.74, 6) is -0.171. The highest BCUT2D eigenvalue weighted by Gasteiger charge is 2.32. The second-order valence-corrected chi connectivity index (χ2v) is 6.26. The van der Waals surface area contributed by atoms with Crippen LogP contribution in [0.4, 0.5) is 5.69 Å². The molecule has 1 amide bonds. The summed E-state index contributed by atoms with van der Waals surface area (Å²) < 4.78 is 5.25. The van der Waals surface area contributed by atoms with Gasteiger partial charge in [-0.05, 0) is 17.7 Å². The van der Waals surface area contributed by atoms with Crippen LogP contribution in [0.3, 0.4) is 0 Å². The molecule has 1 aromatic carbocycles. The number of aromatic nitrogens is 1. The summed E-state index contributed by atoms with van der Waals surface area (Å²) in [5.41, 5.74) is 2.56. The van der Waals surface area contributed by atoms with Crippen molar-refractivity contribution < 1.29 is 9.53 Å². The monoisotopic (exact) mass is 311 g/mol. The molecule has 0 bridgehead atoms. The van der Waals surface area contributed by atoms with E-state index in [1.165, 1.54) is 0 Å². The van der Waals surface area contributed by atoms with Crippen LogP contribution >= 0.6 is 0 Å². The van der Waals surface area contributed by atoms with Crippen molar-refractivity contribution in [1.29, 1.82) is 0 Å².